The Labute approximate surface area is 136 Å². The van der Waals surface area contributed by atoms with Gasteiger partial charge in [-0.3, -0.25) is 4.90 Å². The number of carboxylic acid groups (broad SMARTS) is 1. The molecule has 126 valence electrons. The molecule has 0 aromatic heterocycles. The third-order valence-corrected chi connectivity index (χ3v) is 3.91. The van der Waals surface area contributed by atoms with E-state index in [1.165, 1.54) is 4.90 Å². The standard InChI is InChI=1S/C16H23N3O4/c1-17(16(22)23-13-14-5-3-2-4-6-14)7-8-18-9-11-19(12-10-18)15(20)21/h2-6H,7-13H2,1H3,(H,20,21). The van der Waals surface area contributed by atoms with E-state index in [2.05, 4.69) is 4.90 Å². The lowest BCUT2D eigenvalue weighted by atomic mass is 10.2. The van der Waals surface area contributed by atoms with Gasteiger partial charge in [-0.05, 0) is 5.56 Å². The van der Waals surface area contributed by atoms with Gasteiger partial charge >= 0.3 is 12.2 Å². The highest BCUT2D eigenvalue weighted by atomic mass is 16.6. The zero-order valence-corrected chi connectivity index (χ0v) is 13.4. The fourth-order valence-corrected chi connectivity index (χ4v) is 2.37. The number of ether oxygens (including phenoxy) is 1. The average molecular weight is 321 g/mol. The molecule has 0 radical (unpaired) electrons. The number of likely N-dealkylation sites (N-methyl/N-ethyl adjacent to an activating group) is 1. The summed E-state index contributed by atoms with van der Waals surface area (Å²) in [5, 5.41) is 8.91. The van der Waals surface area contributed by atoms with Crippen molar-refractivity contribution in [3.8, 4) is 0 Å². The van der Waals surface area contributed by atoms with Crippen LogP contribution in [0.4, 0.5) is 9.59 Å². The summed E-state index contributed by atoms with van der Waals surface area (Å²) in [5.74, 6) is 0. The number of nitrogens with zero attached hydrogens (tertiary/aromatic N) is 3. The van der Waals surface area contributed by atoms with E-state index in [1.54, 1.807) is 11.9 Å². The van der Waals surface area contributed by atoms with Gasteiger partial charge in [-0.15, -0.1) is 0 Å². The molecular formula is C16H23N3O4. The second-order valence-electron chi connectivity index (χ2n) is 5.57. The van der Waals surface area contributed by atoms with Gasteiger partial charge in [-0.2, -0.15) is 0 Å². The van der Waals surface area contributed by atoms with E-state index >= 15 is 0 Å². The molecule has 0 unspecified atom stereocenters. The van der Waals surface area contributed by atoms with Crippen molar-refractivity contribution in [2.24, 2.45) is 0 Å². The number of piperazine rings is 1. The number of rotatable bonds is 5. The molecule has 0 aliphatic carbocycles. The highest BCUT2D eigenvalue weighted by molar-refractivity contribution is 5.67. The van der Waals surface area contributed by atoms with Crippen LogP contribution in [0.15, 0.2) is 30.3 Å². The van der Waals surface area contributed by atoms with Gasteiger partial charge < -0.3 is 19.6 Å². The first-order chi connectivity index (χ1) is 11.1. The number of hydrogen-bond acceptors (Lipinski definition) is 4. The molecule has 1 N–H and O–H groups in total. The van der Waals surface area contributed by atoms with E-state index in [1.807, 2.05) is 30.3 Å². The summed E-state index contributed by atoms with van der Waals surface area (Å²) in [6.07, 6.45) is -1.22. The summed E-state index contributed by atoms with van der Waals surface area (Å²) in [6, 6.07) is 9.55. The summed E-state index contributed by atoms with van der Waals surface area (Å²) < 4.78 is 5.26. The molecule has 2 amide bonds. The van der Waals surface area contributed by atoms with Crippen LogP contribution in [0.3, 0.4) is 0 Å². The fourth-order valence-electron chi connectivity index (χ4n) is 2.37. The third kappa shape index (κ3) is 5.45. The summed E-state index contributed by atoms with van der Waals surface area (Å²) >= 11 is 0. The Morgan fingerprint density at radius 2 is 1.83 bits per heavy atom. The Morgan fingerprint density at radius 3 is 2.43 bits per heavy atom. The van der Waals surface area contributed by atoms with Crippen molar-refractivity contribution < 1.29 is 19.4 Å². The Kier molecular flexibility index (Phi) is 6.22. The Bertz CT molecular complexity index is 515. The van der Waals surface area contributed by atoms with Crippen molar-refractivity contribution >= 4 is 12.2 Å². The fraction of sp³-hybridized carbons (Fsp3) is 0.500. The first-order valence-electron chi connectivity index (χ1n) is 7.68. The van der Waals surface area contributed by atoms with E-state index in [4.69, 9.17) is 9.84 Å². The van der Waals surface area contributed by atoms with Crippen LogP contribution < -0.4 is 0 Å². The van der Waals surface area contributed by atoms with Crippen molar-refractivity contribution in [3.05, 3.63) is 35.9 Å². The molecule has 2 rings (SSSR count). The molecule has 1 aromatic rings. The van der Waals surface area contributed by atoms with Gasteiger partial charge in [0.05, 0.1) is 0 Å². The van der Waals surface area contributed by atoms with Crippen molar-refractivity contribution in [2.45, 2.75) is 6.61 Å². The summed E-state index contributed by atoms with van der Waals surface area (Å²) in [5.41, 5.74) is 0.957. The van der Waals surface area contributed by atoms with Crippen LogP contribution in [0.5, 0.6) is 0 Å². The Balaban J connectivity index is 1.65. The SMILES string of the molecule is CN(CCN1CCN(C(=O)O)CC1)C(=O)OCc1ccccc1. The van der Waals surface area contributed by atoms with Gasteiger partial charge in [-0.1, -0.05) is 30.3 Å². The number of carbonyl (C=O) groups is 2. The normalized spacial score (nSPS) is 15.3. The van der Waals surface area contributed by atoms with Gasteiger partial charge in [0.2, 0.25) is 0 Å². The molecule has 1 aromatic carbocycles. The molecule has 0 spiro atoms. The lowest BCUT2D eigenvalue weighted by Crippen LogP contribution is -2.50. The van der Waals surface area contributed by atoms with Gasteiger partial charge in [0, 0.05) is 46.3 Å². The quantitative estimate of drug-likeness (QED) is 0.891. The molecule has 7 heteroatoms. The second-order valence-corrected chi connectivity index (χ2v) is 5.57. The molecule has 1 aliphatic rings. The average Bonchev–Trinajstić information content (AvgIpc) is 2.58. The zero-order chi connectivity index (χ0) is 16.7. The minimum atomic E-state index is -0.869. The number of hydrogen-bond donors (Lipinski definition) is 1. The van der Waals surface area contributed by atoms with Crippen LogP contribution in [0, 0.1) is 0 Å². The van der Waals surface area contributed by atoms with Crippen LogP contribution in [0.1, 0.15) is 5.56 Å². The van der Waals surface area contributed by atoms with E-state index < -0.39 is 6.09 Å². The van der Waals surface area contributed by atoms with Crippen LogP contribution in [-0.2, 0) is 11.3 Å². The van der Waals surface area contributed by atoms with Crippen molar-refractivity contribution in [3.63, 3.8) is 0 Å². The number of carbonyl (C=O) groups excluding carboxylic acids is 1. The van der Waals surface area contributed by atoms with Crippen LogP contribution in [0.2, 0.25) is 0 Å². The molecule has 1 aliphatic heterocycles. The minimum Gasteiger partial charge on any atom is -0.465 e. The van der Waals surface area contributed by atoms with Crippen molar-refractivity contribution in [2.75, 3.05) is 46.3 Å². The molecule has 1 fully saturated rings. The maximum Gasteiger partial charge on any atom is 0.409 e. The maximum atomic E-state index is 11.9. The molecule has 0 saturated carbocycles. The van der Waals surface area contributed by atoms with Crippen LogP contribution in [-0.4, -0.2) is 78.3 Å². The van der Waals surface area contributed by atoms with Crippen molar-refractivity contribution in [1.29, 1.82) is 0 Å². The van der Waals surface area contributed by atoms with Gasteiger partial charge in [-0.25, -0.2) is 9.59 Å². The summed E-state index contributed by atoms with van der Waals surface area (Å²) in [4.78, 5) is 27.9. The topological polar surface area (TPSA) is 73.3 Å². The van der Waals surface area contributed by atoms with Crippen LogP contribution in [0.25, 0.3) is 0 Å². The molecule has 7 nitrogen and oxygen atoms in total. The van der Waals surface area contributed by atoms with Crippen LogP contribution >= 0.6 is 0 Å². The van der Waals surface area contributed by atoms with E-state index in [0.717, 1.165) is 5.56 Å². The maximum absolute atomic E-state index is 11.9. The lowest BCUT2D eigenvalue weighted by Gasteiger charge is -2.33. The summed E-state index contributed by atoms with van der Waals surface area (Å²) in [6.45, 7) is 3.94. The first-order valence-corrected chi connectivity index (χ1v) is 7.68. The second kappa shape index (κ2) is 8.38. The van der Waals surface area contributed by atoms with Gasteiger partial charge in [0.1, 0.15) is 6.61 Å². The smallest absolute Gasteiger partial charge is 0.409 e. The number of amides is 2. The van der Waals surface area contributed by atoms with Gasteiger partial charge in [0.15, 0.2) is 0 Å². The molecular weight excluding hydrogens is 298 g/mol. The van der Waals surface area contributed by atoms with E-state index in [-0.39, 0.29) is 12.7 Å². The minimum absolute atomic E-state index is 0.265. The predicted octanol–water partition coefficient (Wildman–Crippen LogP) is 1.55. The molecule has 23 heavy (non-hydrogen) atoms. The third-order valence-electron chi connectivity index (χ3n) is 3.91. The van der Waals surface area contributed by atoms with Gasteiger partial charge in [0.25, 0.3) is 0 Å². The highest BCUT2D eigenvalue weighted by Crippen LogP contribution is 2.04. The summed E-state index contributed by atoms with van der Waals surface area (Å²) in [7, 11) is 1.71. The van der Waals surface area contributed by atoms with Crippen molar-refractivity contribution in [1.82, 2.24) is 14.7 Å². The monoisotopic (exact) mass is 321 g/mol. The first kappa shape index (κ1) is 17.1. The Morgan fingerprint density at radius 1 is 1.17 bits per heavy atom. The molecule has 0 bridgehead atoms. The lowest BCUT2D eigenvalue weighted by molar-refractivity contribution is 0.0880. The Hall–Kier alpha value is -2.28. The molecule has 1 saturated heterocycles. The zero-order valence-electron chi connectivity index (χ0n) is 13.4. The number of benzene rings is 1. The highest BCUT2D eigenvalue weighted by Gasteiger charge is 2.20. The predicted molar refractivity (Wildman–Crippen MR) is 85.3 cm³/mol. The van der Waals surface area contributed by atoms with E-state index in [9.17, 15) is 9.59 Å². The van der Waals surface area contributed by atoms with E-state index in [0.29, 0.717) is 39.3 Å². The molecule has 0 atom stereocenters. The molecule has 1 heterocycles. The largest absolute Gasteiger partial charge is 0.465 e.